The van der Waals surface area contributed by atoms with Gasteiger partial charge in [-0.05, 0) is 42.0 Å². The molecule has 1 atom stereocenters. The molecule has 2 aromatic carbocycles. The summed E-state index contributed by atoms with van der Waals surface area (Å²) in [5, 5.41) is 14.4. The number of hydrogen-bond acceptors (Lipinski definition) is 3. The number of hydrogen-bond donors (Lipinski definition) is 1. The van der Waals surface area contributed by atoms with E-state index in [0.717, 1.165) is 24.0 Å². The van der Waals surface area contributed by atoms with Crippen molar-refractivity contribution in [2.45, 2.75) is 25.3 Å². The van der Waals surface area contributed by atoms with E-state index in [-0.39, 0.29) is 24.1 Å². The Balaban J connectivity index is 1.65. The van der Waals surface area contributed by atoms with Gasteiger partial charge in [0.1, 0.15) is 0 Å². The molecule has 0 aliphatic heterocycles. The first-order chi connectivity index (χ1) is 11.5. The highest BCUT2D eigenvalue weighted by molar-refractivity contribution is 6.30. The predicted molar refractivity (Wildman–Crippen MR) is 91.9 cm³/mol. The molecule has 6 heteroatoms. The van der Waals surface area contributed by atoms with Crippen molar-refractivity contribution < 1.29 is 9.72 Å². The fourth-order valence-corrected chi connectivity index (χ4v) is 2.84. The topological polar surface area (TPSA) is 72.2 Å². The molecule has 5 nitrogen and oxygen atoms in total. The summed E-state index contributed by atoms with van der Waals surface area (Å²) in [5.74, 6) is 0.377. The van der Waals surface area contributed by atoms with Gasteiger partial charge in [-0.2, -0.15) is 0 Å². The van der Waals surface area contributed by atoms with Crippen molar-refractivity contribution in [1.29, 1.82) is 0 Å². The minimum absolute atomic E-state index is 0.00665. The maximum atomic E-state index is 12.3. The van der Waals surface area contributed by atoms with Crippen LogP contribution in [0.2, 0.25) is 5.02 Å². The van der Waals surface area contributed by atoms with Crippen molar-refractivity contribution in [2.24, 2.45) is 5.92 Å². The third-order valence-electron chi connectivity index (χ3n) is 4.15. The highest BCUT2D eigenvalue weighted by Crippen LogP contribution is 2.41. The van der Waals surface area contributed by atoms with Crippen LogP contribution in [-0.4, -0.2) is 10.8 Å². The molecule has 1 saturated carbocycles. The molecular formula is C18H17ClN2O3. The third-order valence-corrected chi connectivity index (χ3v) is 4.40. The van der Waals surface area contributed by atoms with Crippen molar-refractivity contribution >= 4 is 23.2 Å². The molecule has 1 amide bonds. The molecule has 0 heterocycles. The van der Waals surface area contributed by atoms with Gasteiger partial charge >= 0.3 is 0 Å². The van der Waals surface area contributed by atoms with E-state index >= 15 is 0 Å². The van der Waals surface area contributed by atoms with Gasteiger partial charge < -0.3 is 5.32 Å². The van der Waals surface area contributed by atoms with Gasteiger partial charge in [0.05, 0.1) is 17.4 Å². The summed E-state index contributed by atoms with van der Waals surface area (Å²) in [7, 11) is 0. The molecule has 1 aliphatic carbocycles. The van der Waals surface area contributed by atoms with Crippen molar-refractivity contribution in [3.8, 4) is 0 Å². The van der Waals surface area contributed by atoms with Crippen LogP contribution in [-0.2, 0) is 11.2 Å². The molecule has 3 rings (SSSR count). The van der Waals surface area contributed by atoms with Crippen LogP contribution in [0.4, 0.5) is 5.69 Å². The number of halogens is 1. The highest BCUT2D eigenvalue weighted by atomic mass is 35.5. The lowest BCUT2D eigenvalue weighted by Crippen LogP contribution is -2.31. The molecule has 1 N–H and O–H groups in total. The van der Waals surface area contributed by atoms with Crippen LogP contribution in [0.3, 0.4) is 0 Å². The number of nitrogens with one attached hydrogen (secondary N) is 1. The second-order valence-corrected chi connectivity index (χ2v) is 6.47. The molecule has 0 aromatic heterocycles. The number of rotatable bonds is 6. The van der Waals surface area contributed by atoms with E-state index in [9.17, 15) is 14.9 Å². The van der Waals surface area contributed by atoms with Crippen LogP contribution < -0.4 is 5.32 Å². The number of non-ortho nitro benzene ring substituents is 1. The molecule has 1 unspecified atom stereocenters. The fraction of sp³-hybridized carbons (Fsp3) is 0.278. The Kier molecular flexibility index (Phi) is 4.81. The van der Waals surface area contributed by atoms with Gasteiger partial charge in [0.2, 0.25) is 5.91 Å². The lowest BCUT2D eigenvalue weighted by Gasteiger charge is -2.19. The van der Waals surface area contributed by atoms with E-state index in [0.29, 0.717) is 10.9 Å². The second-order valence-electron chi connectivity index (χ2n) is 6.03. The van der Waals surface area contributed by atoms with Gasteiger partial charge in [0, 0.05) is 17.2 Å². The number of benzene rings is 2. The summed E-state index contributed by atoms with van der Waals surface area (Å²) in [5.41, 5.74) is 1.83. The maximum absolute atomic E-state index is 12.3. The van der Waals surface area contributed by atoms with E-state index < -0.39 is 4.92 Å². The summed E-state index contributed by atoms with van der Waals surface area (Å²) in [4.78, 5) is 22.6. The number of carbonyl (C=O) groups excluding carboxylic acids is 1. The monoisotopic (exact) mass is 344 g/mol. The van der Waals surface area contributed by atoms with Crippen LogP contribution in [0, 0.1) is 16.0 Å². The quantitative estimate of drug-likeness (QED) is 0.634. The van der Waals surface area contributed by atoms with Gasteiger partial charge in [-0.25, -0.2) is 0 Å². The van der Waals surface area contributed by atoms with E-state index in [4.69, 9.17) is 11.6 Å². The molecule has 1 fully saturated rings. The van der Waals surface area contributed by atoms with Gasteiger partial charge in [-0.3, -0.25) is 14.9 Å². The largest absolute Gasteiger partial charge is 0.349 e. The molecule has 0 spiro atoms. The summed E-state index contributed by atoms with van der Waals surface area (Å²) in [6.45, 7) is 0. The zero-order valence-electron chi connectivity index (χ0n) is 12.9. The van der Waals surface area contributed by atoms with Gasteiger partial charge in [0.25, 0.3) is 5.69 Å². The molecule has 24 heavy (non-hydrogen) atoms. The average Bonchev–Trinajstić information content (AvgIpc) is 3.39. The van der Waals surface area contributed by atoms with E-state index in [1.165, 1.54) is 12.1 Å². The minimum Gasteiger partial charge on any atom is -0.349 e. The Hall–Kier alpha value is -2.40. The molecule has 0 radical (unpaired) electrons. The first-order valence-electron chi connectivity index (χ1n) is 7.81. The fourth-order valence-electron chi connectivity index (χ4n) is 2.72. The van der Waals surface area contributed by atoms with Crippen molar-refractivity contribution in [3.05, 3.63) is 74.8 Å². The Morgan fingerprint density at radius 3 is 2.33 bits per heavy atom. The Morgan fingerprint density at radius 2 is 1.79 bits per heavy atom. The van der Waals surface area contributed by atoms with Crippen LogP contribution in [0.1, 0.15) is 30.0 Å². The summed E-state index contributed by atoms with van der Waals surface area (Å²) in [6.07, 6.45) is 2.41. The zero-order chi connectivity index (χ0) is 17.1. The van der Waals surface area contributed by atoms with Gasteiger partial charge in [-0.15, -0.1) is 0 Å². The molecule has 1 aliphatic rings. The zero-order valence-corrected chi connectivity index (χ0v) is 13.7. The van der Waals surface area contributed by atoms with Crippen LogP contribution in [0.5, 0.6) is 0 Å². The first-order valence-corrected chi connectivity index (χ1v) is 8.19. The lowest BCUT2D eigenvalue weighted by atomic mass is 10.0. The standard InChI is InChI=1S/C18H17ClN2O3/c19-15-7-5-14(6-8-15)18(13-3-4-13)20-17(22)11-12-1-9-16(10-2-12)21(23)24/h1-2,5-10,13,18H,3-4,11H2,(H,20,22). The minimum atomic E-state index is -0.451. The highest BCUT2D eigenvalue weighted by Gasteiger charge is 2.33. The average molecular weight is 345 g/mol. The molecule has 0 saturated heterocycles. The van der Waals surface area contributed by atoms with Crippen molar-refractivity contribution in [3.63, 3.8) is 0 Å². The van der Waals surface area contributed by atoms with E-state index in [1.807, 2.05) is 24.3 Å². The third kappa shape index (κ3) is 4.11. The number of amides is 1. The van der Waals surface area contributed by atoms with Crippen LogP contribution >= 0.6 is 11.6 Å². The Morgan fingerprint density at radius 1 is 1.17 bits per heavy atom. The smallest absolute Gasteiger partial charge is 0.269 e. The molecular weight excluding hydrogens is 328 g/mol. The van der Waals surface area contributed by atoms with Gasteiger partial charge in [-0.1, -0.05) is 35.9 Å². The van der Waals surface area contributed by atoms with Crippen LogP contribution in [0.15, 0.2) is 48.5 Å². The maximum Gasteiger partial charge on any atom is 0.269 e. The molecule has 124 valence electrons. The summed E-state index contributed by atoms with van der Waals surface area (Å²) >= 11 is 5.92. The lowest BCUT2D eigenvalue weighted by molar-refractivity contribution is -0.384. The first kappa shape index (κ1) is 16.5. The number of nitrogens with zero attached hydrogens (tertiary/aromatic N) is 1. The summed E-state index contributed by atoms with van der Waals surface area (Å²) in [6, 6.07) is 13.6. The Bertz CT molecular complexity index is 740. The van der Waals surface area contributed by atoms with Crippen molar-refractivity contribution in [2.75, 3.05) is 0 Å². The number of nitro groups is 1. The number of nitro benzene ring substituents is 1. The Labute approximate surface area is 144 Å². The van der Waals surface area contributed by atoms with E-state index in [1.54, 1.807) is 12.1 Å². The SMILES string of the molecule is O=C(Cc1ccc([N+](=O)[O-])cc1)NC(c1ccc(Cl)cc1)C1CC1. The normalized spacial score (nSPS) is 14.9. The molecule has 2 aromatic rings. The predicted octanol–water partition coefficient (Wildman–Crippen LogP) is 4.06. The second kappa shape index (κ2) is 7.01. The van der Waals surface area contributed by atoms with Crippen LogP contribution in [0.25, 0.3) is 0 Å². The van der Waals surface area contributed by atoms with Gasteiger partial charge in [0.15, 0.2) is 0 Å². The number of carbonyl (C=O) groups is 1. The summed E-state index contributed by atoms with van der Waals surface area (Å²) < 4.78 is 0. The van der Waals surface area contributed by atoms with E-state index in [2.05, 4.69) is 5.32 Å². The van der Waals surface area contributed by atoms with Crippen molar-refractivity contribution in [1.82, 2.24) is 5.32 Å². The molecule has 0 bridgehead atoms.